The Bertz CT molecular complexity index is 657. The summed E-state index contributed by atoms with van der Waals surface area (Å²) < 4.78 is 39.0. The van der Waals surface area contributed by atoms with Crippen molar-refractivity contribution in [3.63, 3.8) is 0 Å². The van der Waals surface area contributed by atoms with Gasteiger partial charge in [-0.15, -0.1) is 0 Å². The molecule has 0 amide bonds. The molecule has 20 heavy (non-hydrogen) atoms. The molecule has 2 aromatic rings. The number of hydrogen-bond donors (Lipinski definition) is 1. The summed E-state index contributed by atoms with van der Waals surface area (Å²) in [5, 5.41) is 21.4. The van der Waals surface area contributed by atoms with Crippen molar-refractivity contribution in [2.24, 2.45) is 0 Å². The van der Waals surface area contributed by atoms with Crippen LogP contribution in [0.25, 0.3) is 10.8 Å². The fourth-order valence-corrected chi connectivity index (χ4v) is 1.98. The number of nitro groups is 1. The fraction of sp³-hybridized carbons (Fsp3) is 0.231. The van der Waals surface area contributed by atoms with Crippen molar-refractivity contribution in [2.45, 2.75) is 11.8 Å². The van der Waals surface area contributed by atoms with Gasteiger partial charge in [-0.2, -0.15) is 13.2 Å². The number of nitrogens with zero attached hydrogens (tertiary/aromatic N) is 1. The Balaban J connectivity index is 2.59. The second-order valence-corrected chi connectivity index (χ2v) is 4.41. The lowest BCUT2D eigenvalue weighted by Crippen LogP contribution is -2.47. The van der Waals surface area contributed by atoms with Crippen LogP contribution in [-0.2, 0) is 5.60 Å². The molecule has 2 aromatic carbocycles. The Morgan fingerprint density at radius 3 is 2.25 bits per heavy atom. The normalized spacial score (nSPS) is 15.0. The third-order valence-electron chi connectivity index (χ3n) is 3.05. The van der Waals surface area contributed by atoms with Crippen molar-refractivity contribution >= 4 is 10.8 Å². The highest BCUT2D eigenvalue weighted by atomic mass is 19.4. The van der Waals surface area contributed by atoms with Crippen molar-refractivity contribution in [2.75, 3.05) is 6.54 Å². The van der Waals surface area contributed by atoms with Crippen molar-refractivity contribution in [3.05, 3.63) is 58.1 Å². The summed E-state index contributed by atoms with van der Waals surface area (Å²) in [5.74, 6) is 0. The molecule has 0 fully saturated rings. The first-order valence-electron chi connectivity index (χ1n) is 5.64. The fourth-order valence-electron chi connectivity index (χ4n) is 1.98. The van der Waals surface area contributed by atoms with E-state index in [1.165, 1.54) is 6.07 Å². The summed E-state index contributed by atoms with van der Waals surface area (Å²) in [5.41, 5.74) is -4.04. The molecule has 1 N–H and O–H groups in total. The number of halogens is 3. The zero-order valence-electron chi connectivity index (χ0n) is 10.1. The first-order chi connectivity index (χ1) is 9.24. The SMILES string of the molecule is O=[N+]([O-])CC(O)(c1ccc2ccccc2c1)C(F)(F)F. The van der Waals surface area contributed by atoms with Gasteiger partial charge in [-0.1, -0.05) is 36.4 Å². The van der Waals surface area contributed by atoms with Gasteiger partial charge >= 0.3 is 6.18 Å². The molecule has 0 spiro atoms. The molecule has 0 aliphatic heterocycles. The molecule has 0 aliphatic rings. The number of benzene rings is 2. The Kier molecular flexibility index (Phi) is 3.39. The van der Waals surface area contributed by atoms with Crippen LogP contribution >= 0.6 is 0 Å². The Labute approximate surface area is 111 Å². The van der Waals surface area contributed by atoms with E-state index in [9.17, 15) is 28.4 Å². The molecule has 1 atom stereocenters. The van der Waals surface area contributed by atoms with E-state index < -0.39 is 28.8 Å². The highest BCUT2D eigenvalue weighted by molar-refractivity contribution is 5.83. The van der Waals surface area contributed by atoms with E-state index in [4.69, 9.17) is 0 Å². The largest absolute Gasteiger partial charge is 0.428 e. The summed E-state index contributed by atoms with van der Waals surface area (Å²) >= 11 is 0. The summed E-state index contributed by atoms with van der Waals surface area (Å²) in [7, 11) is 0. The van der Waals surface area contributed by atoms with Gasteiger partial charge in [-0.05, 0) is 16.8 Å². The van der Waals surface area contributed by atoms with Crippen molar-refractivity contribution in [3.8, 4) is 0 Å². The van der Waals surface area contributed by atoms with E-state index in [2.05, 4.69) is 0 Å². The average molecular weight is 285 g/mol. The minimum absolute atomic E-state index is 0.469. The quantitative estimate of drug-likeness (QED) is 0.696. The zero-order chi connectivity index (χ0) is 15.0. The van der Waals surface area contributed by atoms with Crippen LogP contribution in [0.1, 0.15) is 5.56 Å². The molecule has 0 aliphatic carbocycles. The highest BCUT2D eigenvalue weighted by Gasteiger charge is 2.59. The molecule has 7 heteroatoms. The lowest BCUT2D eigenvalue weighted by Gasteiger charge is -2.27. The van der Waals surface area contributed by atoms with Gasteiger partial charge in [0.25, 0.3) is 5.60 Å². The first kappa shape index (κ1) is 14.3. The minimum Gasteiger partial charge on any atom is -0.371 e. The van der Waals surface area contributed by atoms with Crippen LogP contribution in [0.3, 0.4) is 0 Å². The van der Waals surface area contributed by atoms with Gasteiger partial charge in [-0.3, -0.25) is 10.1 Å². The summed E-state index contributed by atoms with van der Waals surface area (Å²) in [6, 6.07) is 10.2. The van der Waals surface area contributed by atoms with Crippen LogP contribution in [0.2, 0.25) is 0 Å². The van der Waals surface area contributed by atoms with Gasteiger partial charge in [0.1, 0.15) is 0 Å². The van der Waals surface area contributed by atoms with Crippen LogP contribution in [0.5, 0.6) is 0 Å². The molecule has 0 saturated heterocycles. The van der Waals surface area contributed by atoms with Crippen molar-refractivity contribution in [1.29, 1.82) is 0 Å². The topological polar surface area (TPSA) is 63.4 Å². The minimum atomic E-state index is -5.14. The Hall–Kier alpha value is -2.15. The molecule has 1 unspecified atom stereocenters. The van der Waals surface area contributed by atoms with Gasteiger partial charge < -0.3 is 5.11 Å². The van der Waals surface area contributed by atoms with E-state index in [0.717, 1.165) is 12.1 Å². The third kappa shape index (κ3) is 2.44. The van der Waals surface area contributed by atoms with E-state index in [1.54, 1.807) is 24.3 Å². The van der Waals surface area contributed by atoms with Gasteiger partial charge in [0.05, 0.1) is 0 Å². The molecular formula is C13H10F3NO3. The van der Waals surface area contributed by atoms with Crippen LogP contribution < -0.4 is 0 Å². The van der Waals surface area contributed by atoms with Crippen LogP contribution in [0, 0.1) is 10.1 Å². The predicted molar refractivity (Wildman–Crippen MR) is 65.8 cm³/mol. The molecule has 0 saturated carbocycles. The van der Waals surface area contributed by atoms with Gasteiger partial charge in [0, 0.05) is 10.5 Å². The van der Waals surface area contributed by atoms with E-state index in [0.29, 0.717) is 10.8 Å². The number of alkyl halides is 3. The van der Waals surface area contributed by atoms with Gasteiger partial charge in [-0.25, -0.2) is 0 Å². The van der Waals surface area contributed by atoms with Gasteiger partial charge in [0.15, 0.2) is 0 Å². The summed E-state index contributed by atoms with van der Waals surface area (Å²) in [6.07, 6.45) is -5.14. The average Bonchev–Trinajstić information content (AvgIpc) is 2.36. The monoisotopic (exact) mass is 285 g/mol. The molecule has 106 valence electrons. The van der Waals surface area contributed by atoms with Crippen LogP contribution in [-0.4, -0.2) is 22.8 Å². The summed E-state index contributed by atoms with van der Waals surface area (Å²) in [6.45, 7) is -1.63. The maximum atomic E-state index is 13.0. The Morgan fingerprint density at radius 2 is 1.70 bits per heavy atom. The molecule has 0 heterocycles. The van der Waals surface area contributed by atoms with Gasteiger partial charge in [0.2, 0.25) is 6.54 Å². The lowest BCUT2D eigenvalue weighted by molar-refractivity contribution is -0.519. The number of aliphatic hydroxyl groups is 1. The number of rotatable bonds is 3. The van der Waals surface area contributed by atoms with E-state index in [-0.39, 0.29) is 0 Å². The van der Waals surface area contributed by atoms with Crippen LogP contribution in [0.15, 0.2) is 42.5 Å². The van der Waals surface area contributed by atoms with Crippen molar-refractivity contribution in [1.82, 2.24) is 0 Å². The predicted octanol–water partition coefficient (Wildman–Crippen LogP) is 2.87. The summed E-state index contributed by atoms with van der Waals surface area (Å²) in [4.78, 5) is 9.27. The second kappa shape index (κ2) is 4.75. The maximum absolute atomic E-state index is 13.0. The smallest absolute Gasteiger partial charge is 0.371 e. The molecule has 4 nitrogen and oxygen atoms in total. The standard InChI is InChI=1S/C13H10F3NO3/c14-13(15,16)12(18,8-17(19)20)11-6-5-9-3-1-2-4-10(9)7-11/h1-7,18H,8H2. The zero-order valence-corrected chi connectivity index (χ0v) is 10.1. The van der Waals surface area contributed by atoms with E-state index >= 15 is 0 Å². The number of fused-ring (bicyclic) bond motifs is 1. The highest BCUT2D eigenvalue weighted by Crippen LogP contribution is 2.39. The van der Waals surface area contributed by atoms with Crippen LogP contribution in [0.4, 0.5) is 13.2 Å². The molecule has 0 radical (unpaired) electrons. The lowest BCUT2D eigenvalue weighted by atomic mass is 9.91. The molecule has 0 aromatic heterocycles. The molecular weight excluding hydrogens is 275 g/mol. The number of hydrogen-bond acceptors (Lipinski definition) is 3. The van der Waals surface area contributed by atoms with E-state index in [1.807, 2.05) is 0 Å². The molecule has 0 bridgehead atoms. The Morgan fingerprint density at radius 1 is 1.10 bits per heavy atom. The first-order valence-corrected chi connectivity index (χ1v) is 5.64. The molecule has 2 rings (SSSR count). The second-order valence-electron chi connectivity index (χ2n) is 4.41. The maximum Gasteiger partial charge on any atom is 0.428 e. The van der Waals surface area contributed by atoms with Crippen molar-refractivity contribution < 1.29 is 23.2 Å². The third-order valence-corrected chi connectivity index (χ3v) is 3.05.